The van der Waals surface area contributed by atoms with Gasteiger partial charge in [0.25, 0.3) is 5.91 Å². The van der Waals surface area contributed by atoms with Crippen LogP contribution in [0, 0.1) is 6.92 Å². The third kappa shape index (κ3) is 3.94. The molecule has 0 unspecified atom stereocenters. The summed E-state index contributed by atoms with van der Waals surface area (Å²) in [6.45, 7) is 1.83. The summed E-state index contributed by atoms with van der Waals surface area (Å²) in [7, 11) is 0. The average Bonchev–Trinajstić information content (AvgIpc) is 3.32. The molecule has 1 saturated carbocycles. The SMILES string of the molecule is Cc1nn(Cc2ccccc2)c(Cl)c1C(=O)OCC(=O)NC1CC1. The number of aromatic nitrogens is 2. The monoisotopic (exact) mass is 347 g/mol. The number of hydrogen-bond donors (Lipinski definition) is 1. The Morgan fingerprint density at radius 2 is 2.04 bits per heavy atom. The number of esters is 1. The minimum atomic E-state index is -0.636. The van der Waals surface area contributed by atoms with Crippen LogP contribution in [0.25, 0.3) is 0 Å². The quantitative estimate of drug-likeness (QED) is 0.814. The molecule has 1 aromatic heterocycles. The molecule has 24 heavy (non-hydrogen) atoms. The molecule has 0 radical (unpaired) electrons. The lowest BCUT2D eigenvalue weighted by atomic mass is 10.2. The van der Waals surface area contributed by atoms with Crippen molar-refractivity contribution in [2.45, 2.75) is 32.4 Å². The zero-order chi connectivity index (χ0) is 17.1. The van der Waals surface area contributed by atoms with Gasteiger partial charge in [-0.15, -0.1) is 0 Å². The molecule has 0 saturated heterocycles. The lowest BCUT2D eigenvalue weighted by molar-refractivity contribution is -0.124. The number of rotatable bonds is 6. The molecular weight excluding hydrogens is 330 g/mol. The largest absolute Gasteiger partial charge is 0.452 e. The van der Waals surface area contributed by atoms with Crippen molar-refractivity contribution in [2.24, 2.45) is 0 Å². The third-order valence-corrected chi connectivity index (χ3v) is 4.11. The summed E-state index contributed by atoms with van der Waals surface area (Å²) >= 11 is 6.28. The second-order valence-corrected chi connectivity index (χ2v) is 6.17. The molecule has 7 heteroatoms. The molecule has 0 aliphatic heterocycles. The number of nitrogens with one attached hydrogen (secondary N) is 1. The first kappa shape index (κ1) is 16.5. The molecule has 1 amide bonds. The van der Waals surface area contributed by atoms with Crippen molar-refractivity contribution in [1.82, 2.24) is 15.1 Å². The summed E-state index contributed by atoms with van der Waals surface area (Å²) in [5.41, 5.74) is 1.70. The molecule has 1 aliphatic carbocycles. The van der Waals surface area contributed by atoms with Crippen LogP contribution in [0.15, 0.2) is 30.3 Å². The minimum Gasteiger partial charge on any atom is -0.452 e. The highest BCUT2D eigenvalue weighted by atomic mass is 35.5. The fourth-order valence-corrected chi connectivity index (χ4v) is 2.66. The molecule has 1 N–H and O–H groups in total. The standard InChI is InChI=1S/C17H18ClN3O3/c1-11-15(17(23)24-10-14(22)19-13-7-8-13)16(18)21(20-11)9-12-5-3-2-4-6-12/h2-6,13H,7-10H2,1H3,(H,19,22). The number of aryl methyl sites for hydroxylation is 1. The number of amides is 1. The zero-order valence-corrected chi connectivity index (χ0v) is 14.0. The summed E-state index contributed by atoms with van der Waals surface area (Å²) in [5, 5.41) is 7.27. The normalized spacial score (nSPS) is 13.6. The molecule has 6 nitrogen and oxygen atoms in total. The van der Waals surface area contributed by atoms with Gasteiger partial charge >= 0.3 is 5.97 Å². The average molecular weight is 348 g/mol. The van der Waals surface area contributed by atoms with Gasteiger partial charge in [-0.1, -0.05) is 41.9 Å². The molecule has 0 bridgehead atoms. The van der Waals surface area contributed by atoms with Crippen LogP contribution in [-0.4, -0.2) is 34.3 Å². The first-order valence-electron chi connectivity index (χ1n) is 7.78. The van der Waals surface area contributed by atoms with Crippen molar-refractivity contribution in [2.75, 3.05) is 6.61 Å². The van der Waals surface area contributed by atoms with Crippen molar-refractivity contribution in [3.05, 3.63) is 52.3 Å². The topological polar surface area (TPSA) is 73.2 Å². The highest BCUT2D eigenvalue weighted by molar-refractivity contribution is 6.32. The van der Waals surface area contributed by atoms with Gasteiger partial charge in [-0.25, -0.2) is 9.48 Å². The first-order chi connectivity index (χ1) is 11.5. The second kappa shape index (κ2) is 7.05. The van der Waals surface area contributed by atoms with Gasteiger partial charge < -0.3 is 10.1 Å². The Kier molecular flexibility index (Phi) is 4.85. The van der Waals surface area contributed by atoms with Crippen LogP contribution < -0.4 is 5.32 Å². The first-order valence-corrected chi connectivity index (χ1v) is 8.15. The van der Waals surface area contributed by atoms with Crippen LogP contribution in [0.1, 0.15) is 34.5 Å². The lowest BCUT2D eigenvalue weighted by Gasteiger charge is -2.06. The van der Waals surface area contributed by atoms with Crippen molar-refractivity contribution in [1.29, 1.82) is 0 Å². The Morgan fingerprint density at radius 1 is 1.33 bits per heavy atom. The number of halogens is 1. The van der Waals surface area contributed by atoms with Crippen molar-refractivity contribution >= 4 is 23.5 Å². The molecule has 3 rings (SSSR count). The lowest BCUT2D eigenvalue weighted by Crippen LogP contribution is -2.30. The van der Waals surface area contributed by atoms with Gasteiger partial charge in [-0.2, -0.15) is 5.10 Å². The van der Waals surface area contributed by atoms with Gasteiger partial charge in [0.1, 0.15) is 10.7 Å². The fourth-order valence-electron chi connectivity index (χ4n) is 2.35. The third-order valence-electron chi connectivity index (χ3n) is 3.72. The molecule has 1 fully saturated rings. The minimum absolute atomic E-state index is 0.201. The van der Waals surface area contributed by atoms with E-state index in [2.05, 4.69) is 10.4 Å². The number of benzene rings is 1. The van der Waals surface area contributed by atoms with Crippen LogP contribution in [0.2, 0.25) is 5.15 Å². The van der Waals surface area contributed by atoms with E-state index >= 15 is 0 Å². The summed E-state index contributed by atoms with van der Waals surface area (Å²) in [6.07, 6.45) is 1.97. The van der Waals surface area contributed by atoms with E-state index in [4.69, 9.17) is 16.3 Å². The maximum atomic E-state index is 12.2. The van der Waals surface area contributed by atoms with Crippen molar-refractivity contribution in [3.8, 4) is 0 Å². The predicted octanol–water partition coefficient (Wildman–Crippen LogP) is 2.33. The van der Waals surface area contributed by atoms with Crippen LogP contribution in [0.5, 0.6) is 0 Å². The second-order valence-electron chi connectivity index (χ2n) is 5.81. The maximum absolute atomic E-state index is 12.2. The van der Waals surface area contributed by atoms with Crippen molar-refractivity contribution < 1.29 is 14.3 Å². The fraction of sp³-hybridized carbons (Fsp3) is 0.353. The molecular formula is C17H18ClN3O3. The van der Waals surface area contributed by atoms with E-state index in [0.29, 0.717) is 12.2 Å². The molecule has 1 aliphatic rings. The van der Waals surface area contributed by atoms with Gasteiger partial charge in [0, 0.05) is 6.04 Å². The predicted molar refractivity (Wildman–Crippen MR) is 89.0 cm³/mol. The van der Waals surface area contributed by atoms with Gasteiger partial charge in [-0.05, 0) is 25.3 Å². The Hall–Kier alpha value is -2.34. The van der Waals surface area contributed by atoms with E-state index in [1.165, 1.54) is 0 Å². The van der Waals surface area contributed by atoms with E-state index in [-0.39, 0.29) is 29.3 Å². The number of hydrogen-bond acceptors (Lipinski definition) is 4. The van der Waals surface area contributed by atoms with Crippen LogP contribution in [-0.2, 0) is 16.1 Å². The molecule has 126 valence electrons. The zero-order valence-electron chi connectivity index (χ0n) is 13.3. The molecule has 2 aromatic rings. The Balaban J connectivity index is 1.66. The van der Waals surface area contributed by atoms with E-state index in [0.717, 1.165) is 18.4 Å². The smallest absolute Gasteiger partial charge is 0.343 e. The van der Waals surface area contributed by atoms with Crippen LogP contribution in [0.4, 0.5) is 0 Å². The van der Waals surface area contributed by atoms with E-state index in [1.54, 1.807) is 11.6 Å². The number of carbonyl (C=O) groups is 2. The summed E-state index contributed by atoms with van der Waals surface area (Å²) in [5.74, 6) is -0.931. The Morgan fingerprint density at radius 3 is 2.71 bits per heavy atom. The summed E-state index contributed by atoms with van der Waals surface area (Å²) < 4.78 is 6.60. The highest BCUT2D eigenvalue weighted by Crippen LogP contribution is 2.22. The van der Waals surface area contributed by atoms with Crippen LogP contribution in [0.3, 0.4) is 0 Å². The van der Waals surface area contributed by atoms with Gasteiger partial charge in [0.15, 0.2) is 6.61 Å². The molecule has 1 heterocycles. The Labute approximate surface area is 144 Å². The molecule has 1 aromatic carbocycles. The molecule has 0 spiro atoms. The van der Waals surface area contributed by atoms with Crippen molar-refractivity contribution in [3.63, 3.8) is 0 Å². The van der Waals surface area contributed by atoms with E-state index in [1.807, 2.05) is 30.3 Å². The van der Waals surface area contributed by atoms with E-state index in [9.17, 15) is 9.59 Å². The maximum Gasteiger partial charge on any atom is 0.343 e. The van der Waals surface area contributed by atoms with Gasteiger partial charge in [0.05, 0.1) is 12.2 Å². The molecule has 0 atom stereocenters. The van der Waals surface area contributed by atoms with E-state index < -0.39 is 5.97 Å². The number of nitrogens with zero attached hydrogens (tertiary/aromatic N) is 2. The number of ether oxygens (including phenoxy) is 1. The Bertz CT molecular complexity index is 754. The summed E-state index contributed by atoms with van der Waals surface area (Å²) in [6, 6.07) is 9.91. The number of carbonyl (C=O) groups excluding carboxylic acids is 2. The van der Waals surface area contributed by atoms with Gasteiger partial charge in [0.2, 0.25) is 0 Å². The highest BCUT2D eigenvalue weighted by Gasteiger charge is 2.25. The van der Waals surface area contributed by atoms with Gasteiger partial charge in [-0.3, -0.25) is 4.79 Å². The van der Waals surface area contributed by atoms with Crippen LogP contribution >= 0.6 is 11.6 Å². The summed E-state index contributed by atoms with van der Waals surface area (Å²) in [4.78, 5) is 23.8.